The molecular formula is C19H22NO2+. The van der Waals surface area contributed by atoms with Crippen LogP contribution in [0.15, 0.2) is 36.4 Å². The maximum Gasteiger partial charge on any atom is 0.161 e. The smallest absolute Gasteiger partial charge is 0.161 e. The summed E-state index contributed by atoms with van der Waals surface area (Å²) >= 11 is 0. The van der Waals surface area contributed by atoms with Crippen LogP contribution < -0.4 is 14.8 Å². The molecule has 0 saturated carbocycles. The Bertz CT molecular complexity index is 679. The van der Waals surface area contributed by atoms with Crippen LogP contribution in [0.1, 0.15) is 35.2 Å². The van der Waals surface area contributed by atoms with Crippen molar-refractivity contribution in [1.82, 2.24) is 0 Å². The molecule has 114 valence electrons. The first-order chi connectivity index (χ1) is 10.8. The van der Waals surface area contributed by atoms with Gasteiger partial charge in [0, 0.05) is 17.5 Å². The molecular weight excluding hydrogens is 274 g/mol. The van der Waals surface area contributed by atoms with Crippen LogP contribution in [0.3, 0.4) is 0 Å². The normalized spacial score (nSPS) is 19.6. The summed E-state index contributed by atoms with van der Waals surface area (Å²) in [7, 11) is 0. The average molecular weight is 296 g/mol. The number of benzene rings is 2. The van der Waals surface area contributed by atoms with Gasteiger partial charge in [-0.3, -0.25) is 0 Å². The highest BCUT2D eigenvalue weighted by Gasteiger charge is 2.28. The van der Waals surface area contributed by atoms with Crippen LogP contribution in [-0.2, 0) is 12.8 Å². The zero-order valence-corrected chi connectivity index (χ0v) is 13.0. The Hall–Kier alpha value is -2.00. The topological polar surface area (TPSA) is 35.1 Å². The second kappa shape index (κ2) is 5.65. The molecule has 2 aromatic carbocycles. The molecule has 4 rings (SSSR count). The predicted octanol–water partition coefficient (Wildman–Crippen LogP) is 2.23. The molecule has 0 spiro atoms. The van der Waals surface area contributed by atoms with Crippen LogP contribution in [0.25, 0.3) is 0 Å². The second-order valence-electron chi connectivity index (χ2n) is 6.04. The van der Waals surface area contributed by atoms with Gasteiger partial charge in [-0.1, -0.05) is 31.2 Å². The van der Waals surface area contributed by atoms with Gasteiger partial charge < -0.3 is 14.8 Å². The first-order valence-electron chi connectivity index (χ1n) is 8.19. The fraction of sp³-hybridized carbons (Fsp3) is 0.368. The van der Waals surface area contributed by atoms with E-state index in [0.29, 0.717) is 19.3 Å². The SMILES string of the molecule is CCc1ccc([C@@H]2[NH2+]CCc3cc4c(cc32)OCCO4)cc1. The van der Waals surface area contributed by atoms with E-state index in [1.165, 1.54) is 22.3 Å². The average Bonchev–Trinajstić information content (AvgIpc) is 2.59. The lowest BCUT2D eigenvalue weighted by atomic mass is 9.89. The molecule has 2 N–H and O–H groups in total. The zero-order valence-electron chi connectivity index (χ0n) is 13.0. The lowest BCUT2D eigenvalue weighted by Gasteiger charge is -2.27. The lowest BCUT2D eigenvalue weighted by Crippen LogP contribution is -2.87. The van der Waals surface area contributed by atoms with Crippen LogP contribution in [-0.4, -0.2) is 19.8 Å². The summed E-state index contributed by atoms with van der Waals surface area (Å²) in [4.78, 5) is 0. The molecule has 0 fully saturated rings. The van der Waals surface area contributed by atoms with Crippen LogP contribution in [0.5, 0.6) is 11.5 Å². The molecule has 2 heterocycles. The highest BCUT2D eigenvalue weighted by Crippen LogP contribution is 2.37. The number of ether oxygens (including phenoxy) is 2. The first-order valence-corrected chi connectivity index (χ1v) is 8.19. The summed E-state index contributed by atoms with van der Waals surface area (Å²) in [5, 5.41) is 2.43. The number of quaternary nitrogens is 1. The molecule has 3 heteroatoms. The molecule has 2 aliphatic heterocycles. The van der Waals surface area contributed by atoms with E-state index in [-0.39, 0.29) is 0 Å². The van der Waals surface area contributed by atoms with Crippen molar-refractivity contribution in [2.75, 3.05) is 19.8 Å². The molecule has 3 nitrogen and oxygen atoms in total. The number of hydrogen-bond acceptors (Lipinski definition) is 2. The number of fused-ring (bicyclic) bond motifs is 2. The minimum Gasteiger partial charge on any atom is -0.486 e. The number of aryl methyl sites for hydroxylation is 1. The van der Waals surface area contributed by atoms with Crippen molar-refractivity contribution in [3.63, 3.8) is 0 Å². The fourth-order valence-corrected chi connectivity index (χ4v) is 3.46. The Morgan fingerprint density at radius 2 is 1.77 bits per heavy atom. The maximum atomic E-state index is 5.77. The van der Waals surface area contributed by atoms with Gasteiger partial charge in [0.15, 0.2) is 11.5 Å². The van der Waals surface area contributed by atoms with E-state index in [1.54, 1.807) is 0 Å². The third-order valence-corrected chi connectivity index (χ3v) is 4.70. The van der Waals surface area contributed by atoms with Crippen molar-refractivity contribution in [2.45, 2.75) is 25.8 Å². The zero-order chi connectivity index (χ0) is 14.9. The van der Waals surface area contributed by atoms with Gasteiger partial charge in [0.1, 0.15) is 19.3 Å². The summed E-state index contributed by atoms with van der Waals surface area (Å²) in [5.74, 6) is 1.81. The van der Waals surface area contributed by atoms with Gasteiger partial charge in [-0.2, -0.15) is 0 Å². The Balaban J connectivity index is 1.74. The van der Waals surface area contributed by atoms with Gasteiger partial charge in [0.2, 0.25) is 0 Å². The third-order valence-electron chi connectivity index (χ3n) is 4.70. The Kier molecular flexibility index (Phi) is 3.51. The van der Waals surface area contributed by atoms with Crippen molar-refractivity contribution in [3.05, 3.63) is 58.7 Å². The molecule has 1 atom stereocenters. The van der Waals surface area contributed by atoms with Crippen molar-refractivity contribution in [2.24, 2.45) is 0 Å². The number of hydrogen-bond donors (Lipinski definition) is 1. The van der Waals surface area contributed by atoms with E-state index in [4.69, 9.17) is 9.47 Å². The Morgan fingerprint density at radius 1 is 1.05 bits per heavy atom. The van der Waals surface area contributed by atoms with Crippen molar-refractivity contribution in [3.8, 4) is 11.5 Å². The fourth-order valence-electron chi connectivity index (χ4n) is 3.46. The highest BCUT2D eigenvalue weighted by molar-refractivity contribution is 5.51. The molecule has 0 aromatic heterocycles. The number of nitrogens with two attached hydrogens (primary N) is 1. The van der Waals surface area contributed by atoms with E-state index in [2.05, 4.69) is 48.6 Å². The molecule has 0 unspecified atom stereocenters. The van der Waals surface area contributed by atoms with Gasteiger partial charge in [-0.05, 0) is 29.7 Å². The molecule has 0 aliphatic carbocycles. The largest absolute Gasteiger partial charge is 0.486 e. The molecule has 22 heavy (non-hydrogen) atoms. The van der Waals surface area contributed by atoms with Crippen LogP contribution in [0.4, 0.5) is 0 Å². The van der Waals surface area contributed by atoms with Gasteiger partial charge in [0.05, 0.1) is 6.54 Å². The highest BCUT2D eigenvalue weighted by atomic mass is 16.6. The molecule has 2 aliphatic rings. The van der Waals surface area contributed by atoms with Crippen molar-refractivity contribution in [1.29, 1.82) is 0 Å². The van der Waals surface area contributed by atoms with Crippen LogP contribution in [0.2, 0.25) is 0 Å². The van der Waals surface area contributed by atoms with Crippen LogP contribution in [0, 0.1) is 0 Å². The van der Waals surface area contributed by atoms with E-state index >= 15 is 0 Å². The van der Waals surface area contributed by atoms with Gasteiger partial charge in [-0.15, -0.1) is 0 Å². The van der Waals surface area contributed by atoms with Crippen molar-refractivity contribution < 1.29 is 14.8 Å². The van der Waals surface area contributed by atoms with E-state index in [1.807, 2.05) is 0 Å². The predicted molar refractivity (Wildman–Crippen MR) is 85.6 cm³/mol. The molecule has 2 aromatic rings. The molecule has 0 saturated heterocycles. The molecule has 0 bridgehead atoms. The van der Waals surface area contributed by atoms with Gasteiger partial charge in [0.25, 0.3) is 0 Å². The lowest BCUT2D eigenvalue weighted by molar-refractivity contribution is -0.690. The Morgan fingerprint density at radius 3 is 2.50 bits per heavy atom. The summed E-state index contributed by atoms with van der Waals surface area (Å²) in [6.45, 7) is 4.61. The monoisotopic (exact) mass is 296 g/mol. The second-order valence-corrected chi connectivity index (χ2v) is 6.04. The minimum absolute atomic E-state index is 0.366. The Labute approximate surface area is 131 Å². The standard InChI is InChI=1S/C19H21NO2/c1-2-13-3-5-14(6-4-13)19-16-12-18-17(21-9-10-22-18)11-15(16)7-8-20-19/h3-6,11-12,19-20H,2,7-10H2,1H3/p+1/t19-/m0/s1. The van der Waals surface area contributed by atoms with E-state index < -0.39 is 0 Å². The summed E-state index contributed by atoms with van der Waals surface area (Å²) in [6, 6.07) is 13.8. The van der Waals surface area contributed by atoms with Crippen LogP contribution >= 0.6 is 0 Å². The molecule has 0 radical (unpaired) electrons. The summed E-state index contributed by atoms with van der Waals surface area (Å²) in [5.41, 5.74) is 5.54. The quantitative estimate of drug-likeness (QED) is 0.922. The maximum absolute atomic E-state index is 5.77. The van der Waals surface area contributed by atoms with Gasteiger partial charge in [-0.25, -0.2) is 0 Å². The third kappa shape index (κ3) is 2.35. The molecule has 0 amide bonds. The summed E-state index contributed by atoms with van der Waals surface area (Å²) in [6.07, 6.45) is 2.18. The summed E-state index contributed by atoms with van der Waals surface area (Å²) < 4.78 is 11.5. The number of rotatable bonds is 2. The van der Waals surface area contributed by atoms with Crippen molar-refractivity contribution >= 4 is 0 Å². The first kappa shape index (κ1) is 13.6. The van der Waals surface area contributed by atoms with E-state index in [9.17, 15) is 0 Å². The minimum atomic E-state index is 0.366. The van der Waals surface area contributed by atoms with Gasteiger partial charge >= 0.3 is 0 Å². The van der Waals surface area contributed by atoms with E-state index in [0.717, 1.165) is 30.9 Å².